The maximum atomic E-state index is 15.3. The molecule has 15 heteroatoms. The number of benzene rings is 2. The molecule has 8 nitrogen and oxygen atoms in total. The van der Waals surface area contributed by atoms with Crippen molar-refractivity contribution in [1.82, 2.24) is 9.37 Å². The van der Waals surface area contributed by atoms with Crippen molar-refractivity contribution >= 4 is 33.5 Å². The van der Waals surface area contributed by atoms with E-state index in [2.05, 4.69) is 4.84 Å². The minimum Gasteiger partial charge on any atom is -0.489 e. The van der Waals surface area contributed by atoms with Gasteiger partial charge in [0.25, 0.3) is 10.0 Å². The molecule has 2 aromatic carbocycles. The lowest BCUT2D eigenvalue weighted by molar-refractivity contribution is -0.217. The minimum absolute atomic E-state index is 0.0418. The SMILES string of the molecule is O=C(c1cc(C2CC2)c(CN2CCC(Oc3ccc(F)cc3Cl)CC2)cc1F)N(OC(=O)C(F)(F)F)S(=O)(=O)C1CC1. The molecule has 1 saturated heterocycles. The summed E-state index contributed by atoms with van der Waals surface area (Å²) in [6, 6.07) is 6.09. The molecule has 2 aromatic rings. The highest BCUT2D eigenvalue weighted by Crippen LogP contribution is 2.43. The van der Waals surface area contributed by atoms with E-state index in [0.29, 0.717) is 49.4 Å². The van der Waals surface area contributed by atoms with Crippen molar-refractivity contribution in [2.45, 2.75) is 68.5 Å². The monoisotopic (exact) mass is 636 g/mol. The van der Waals surface area contributed by atoms with Crippen LogP contribution < -0.4 is 4.74 Å². The van der Waals surface area contributed by atoms with Gasteiger partial charge in [0.1, 0.15) is 23.5 Å². The number of alkyl halides is 3. The molecule has 0 N–H and O–H groups in total. The summed E-state index contributed by atoms with van der Waals surface area (Å²) < 4.78 is 98.0. The number of sulfonamides is 1. The maximum Gasteiger partial charge on any atom is 0.493 e. The number of likely N-dealkylation sites (tertiary alicyclic amines) is 1. The van der Waals surface area contributed by atoms with Crippen molar-refractivity contribution in [3.63, 3.8) is 0 Å². The molecule has 2 saturated carbocycles. The Kier molecular flexibility index (Phi) is 8.42. The van der Waals surface area contributed by atoms with Crippen LogP contribution in [0.3, 0.4) is 0 Å². The Bertz CT molecular complexity index is 1490. The van der Waals surface area contributed by atoms with E-state index in [4.69, 9.17) is 16.3 Å². The number of hydroxylamine groups is 1. The van der Waals surface area contributed by atoms with Gasteiger partial charge in [-0.1, -0.05) is 16.1 Å². The molecule has 2 aliphatic carbocycles. The zero-order chi connectivity index (χ0) is 30.4. The first-order chi connectivity index (χ1) is 19.7. The molecule has 0 spiro atoms. The van der Waals surface area contributed by atoms with Crippen LogP contribution in [-0.2, 0) is 26.2 Å². The second-order valence-corrected chi connectivity index (χ2v) is 13.1. The average Bonchev–Trinajstić information content (AvgIpc) is 3.82. The molecule has 42 heavy (non-hydrogen) atoms. The Morgan fingerprint density at radius 3 is 2.24 bits per heavy atom. The van der Waals surface area contributed by atoms with E-state index < -0.39 is 55.0 Å². The average molecular weight is 637 g/mol. The molecular weight excluding hydrogens is 611 g/mol. The summed E-state index contributed by atoms with van der Waals surface area (Å²) in [4.78, 5) is 30.7. The van der Waals surface area contributed by atoms with Crippen molar-refractivity contribution in [2.24, 2.45) is 0 Å². The van der Waals surface area contributed by atoms with Gasteiger partial charge in [-0.15, -0.1) is 0 Å². The third-order valence-electron chi connectivity index (χ3n) is 7.33. The Balaban J connectivity index is 1.32. The number of hydrogen-bond donors (Lipinski definition) is 0. The zero-order valence-electron chi connectivity index (χ0n) is 22.0. The third-order valence-corrected chi connectivity index (χ3v) is 9.64. The van der Waals surface area contributed by atoms with Crippen molar-refractivity contribution in [3.8, 4) is 5.75 Å². The van der Waals surface area contributed by atoms with Gasteiger partial charge in [0, 0.05) is 19.6 Å². The molecule has 3 fully saturated rings. The van der Waals surface area contributed by atoms with E-state index in [1.54, 1.807) is 0 Å². The predicted octanol–water partition coefficient (Wildman–Crippen LogP) is 5.49. The van der Waals surface area contributed by atoms with Crippen LogP contribution in [0.4, 0.5) is 22.0 Å². The quantitative estimate of drug-likeness (QED) is 0.279. The lowest BCUT2D eigenvalue weighted by Gasteiger charge is -2.33. The number of ether oxygens (including phenoxy) is 1. The molecular formula is C27H26ClF5N2O6S. The largest absolute Gasteiger partial charge is 0.493 e. The van der Waals surface area contributed by atoms with Crippen LogP contribution in [0, 0.1) is 11.6 Å². The fraction of sp³-hybridized carbons (Fsp3) is 0.481. The van der Waals surface area contributed by atoms with Crippen molar-refractivity contribution < 1.29 is 49.5 Å². The molecule has 0 radical (unpaired) electrons. The van der Waals surface area contributed by atoms with E-state index in [1.165, 1.54) is 12.1 Å². The Morgan fingerprint density at radius 1 is 1.00 bits per heavy atom. The molecule has 0 aromatic heterocycles. The normalized spacial score (nSPS) is 18.5. The Labute approximate surface area is 243 Å². The highest BCUT2D eigenvalue weighted by Gasteiger charge is 2.50. The molecule has 1 amide bonds. The summed E-state index contributed by atoms with van der Waals surface area (Å²) >= 11 is 6.05. The fourth-order valence-electron chi connectivity index (χ4n) is 4.82. The number of piperidine rings is 1. The van der Waals surface area contributed by atoms with Gasteiger partial charge in [0.05, 0.1) is 15.8 Å². The van der Waals surface area contributed by atoms with E-state index >= 15 is 4.39 Å². The smallest absolute Gasteiger partial charge is 0.489 e. The number of hydrogen-bond acceptors (Lipinski definition) is 7. The third kappa shape index (κ3) is 6.81. The van der Waals surface area contributed by atoms with Gasteiger partial charge in [-0.3, -0.25) is 9.69 Å². The van der Waals surface area contributed by atoms with Crippen LogP contribution >= 0.6 is 11.6 Å². The standard InChI is InChI=1S/C27H26ClF5N2O6S/c28-22-12-17(29)3-6-24(22)40-18-7-9-34(10-8-18)14-16-11-23(30)21(13-20(16)15-1-2-15)25(36)35(41-26(37)27(31,32)33)42(38,39)19-4-5-19/h3,6,11-13,15,18-19H,1-2,4-5,7-10,14H2. The van der Waals surface area contributed by atoms with E-state index in [9.17, 15) is 35.6 Å². The Hall–Kier alpha value is -2.97. The van der Waals surface area contributed by atoms with Crippen LogP contribution in [0.2, 0.25) is 5.02 Å². The van der Waals surface area contributed by atoms with Crippen LogP contribution in [0.5, 0.6) is 5.75 Å². The maximum absolute atomic E-state index is 15.3. The van der Waals surface area contributed by atoms with Crippen LogP contribution in [-0.4, -0.2) is 60.3 Å². The summed E-state index contributed by atoms with van der Waals surface area (Å²) in [6.07, 6.45) is -2.98. The highest BCUT2D eigenvalue weighted by atomic mass is 35.5. The molecule has 0 bridgehead atoms. The van der Waals surface area contributed by atoms with Gasteiger partial charge < -0.3 is 9.57 Å². The second-order valence-electron chi connectivity index (χ2n) is 10.6. The summed E-state index contributed by atoms with van der Waals surface area (Å²) in [6.45, 7) is 1.43. The fourth-order valence-corrected chi connectivity index (χ4v) is 6.53. The van der Waals surface area contributed by atoms with Gasteiger partial charge in [-0.2, -0.15) is 13.2 Å². The molecule has 3 aliphatic rings. The van der Waals surface area contributed by atoms with E-state index in [1.807, 2.05) is 4.90 Å². The topological polar surface area (TPSA) is 93.2 Å². The summed E-state index contributed by atoms with van der Waals surface area (Å²) in [5.41, 5.74) is 0.321. The van der Waals surface area contributed by atoms with Gasteiger partial charge in [0.2, 0.25) is 0 Å². The molecule has 1 heterocycles. The first kappa shape index (κ1) is 30.5. The number of amides is 1. The van der Waals surface area contributed by atoms with Crippen molar-refractivity contribution in [3.05, 3.63) is 63.7 Å². The van der Waals surface area contributed by atoms with Crippen molar-refractivity contribution in [2.75, 3.05) is 13.1 Å². The first-order valence-corrected chi connectivity index (χ1v) is 15.2. The lowest BCUT2D eigenvalue weighted by atomic mass is 9.97. The van der Waals surface area contributed by atoms with E-state index in [0.717, 1.165) is 31.0 Å². The summed E-state index contributed by atoms with van der Waals surface area (Å²) in [5, 5.41) is -1.05. The van der Waals surface area contributed by atoms with Gasteiger partial charge in [-0.25, -0.2) is 22.0 Å². The van der Waals surface area contributed by atoms with Gasteiger partial charge >= 0.3 is 18.1 Å². The first-order valence-electron chi connectivity index (χ1n) is 13.3. The van der Waals surface area contributed by atoms with E-state index in [-0.39, 0.29) is 29.9 Å². The van der Waals surface area contributed by atoms with Crippen molar-refractivity contribution in [1.29, 1.82) is 0 Å². The number of rotatable bonds is 8. The van der Waals surface area contributed by atoms with Gasteiger partial charge in [0.15, 0.2) is 0 Å². The minimum atomic E-state index is -5.58. The highest BCUT2D eigenvalue weighted by molar-refractivity contribution is 7.90. The summed E-state index contributed by atoms with van der Waals surface area (Å²) in [7, 11) is -4.80. The zero-order valence-corrected chi connectivity index (χ0v) is 23.6. The molecule has 0 atom stereocenters. The van der Waals surface area contributed by atoms with Crippen LogP contribution in [0.1, 0.15) is 65.9 Å². The molecule has 228 valence electrons. The molecule has 5 rings (SSSR count). The number of nitrogens with zero attached hydrogens (tertiary/aromatic N) is 2. The number of carbonyl (C=O) groups excluding carboxylic acids is 2. The Morgan fingerprint density at radius 2 is 1.67 bits per heavy atom. The molecule has 0 unspecified atom stereocenters. The predicted molar refractivity (Wildman–Crippen MR) is 139 cm³/mol. The van der Waals surface area contributed by atoms with Crippen LogP contribution in [0.25, 0.3) is 0 Å². The van der Waals surface area contributed by atoms with Gasteiger partial charge in [-0.05, 0) is 85.9 Å². The summed E-state index contributed by atoms with van der Waals surface area (Å²) in [5.74, 6) is -5.92. The second kappa shape index (κ2) is 11.6. The lowest BCUT2D eigenvalue weighted by Crippen LogP contribution is -2.44. The number of halogens is 6. The number of carbonyl (C=O) groups is 2. The molecule has 1 aliphatic heterocycles. The van der Waals surface area contributed by atoms with Crippen LogP contribution in [0.15, 0.2) is 30.3 Å².